The van der Waals surface area contributed by atoms with Gasteiger partial charge in [-0.05, 0) is 19.3 Å². The lowest BCUT2D eigenvalue weighted by Gasteiger charge is -2.15. The van der Waals surface area contributed by atoms with E-state index in [-0.39, 0.29) is 24.1 Å². The van der Waals surface area contributed by atoms with Gasteiger partial charge in [0.15, 0.2) is 0 Å². The van der Waals surface area contributed by atoms with Crippen molar-refractivity contribution in [2.45, 2.75) is 52.6 Å². The van der Waals surface area contributed by atoms with E-state index >= 15 is 0 Å². The molecular weight excluding hydrogens is 256 g/mol. The van der Waals surface area contributed by atoms with Crippen LogP contribution in [0.2, 0.25) is 0 Å². The van der Waals surface area contributed by atoms with Gasteiger partial charge in [-0.1, -0.05) is 20.8 Å². The first-order chi connectivity index (χ1) is 9.60. The van der Waals surface area contributed by atoms with Gasteiger partial charge in [0.1, 0.15) is 6.54 Å². The topological polar surface area (TPSA) is 76.0 Å². The summed E-state index contributed by atoms with van der Waals surface area (Å²) in [4.78, 5) is 23.7. The highest BCUT2D eigenvalue weighted by molar-refractivity contribution is 5.75. The van der Waals surface area contributed by atoms with Crippen molar-refractivity contribution in [2.24, 2.45) is 0 Å². The molecular formula is C14H24N4O2. The van der Waals surface area contributed by atoms with E-state index < -0.39 is 0 Å². The molecule has 0 aliphatic rings. The number of nitrogens with zero attached hydrogens (tertiary/aromatic N) is 2. The summed E-state index contributed by atoms with van der Waals surface area (Å²) in [6, 6.07) is 1.62. The highest BCUT2D eigenvalue weighted by atomic mass is 16.2. The highest BCUT2D eigenvalue weighted by Crippen LogP contribution is 2.00. The molecule has 0 aliphatic carbocycles. The minimum atomic E-state index is -0.272. The van der Waals surface area contributed by atoms with Gasteiger partial charge < -0.3 is 10.6 Å². The standard InChI is InChI=1S/C14H24N4O2/c1-4-7-15-12-8-14(20)18(16-9-12)10-13(19)17-11(5-2)6-3/h8-9,11,15H,4-7,10H2,1-3H3,(H,17,19). The van der Waals surface area contributed by atoms with Crippen molar-refractivity contribution >= 4 is 11.6 Å². The van der Waals surface area contributed by atoms with Crippen LogP contribution < -0.4 is 16.2 Å². The van der Waals surface area contributed by atoms with Crippen molar-refractivity contribution in [1.82, 2.24) is 15.1 Å². The number of nitrogens with one attached hydrogen (secondary N) is 2. The number of anilines is 1. The van der Waals surface area contributed by atoms with Gasteiger partial charge in [0.25, 0.3) is 5.56 Å². The van der Waals surface area contributed by atoms with Crippen molar-refractivity contribution < 1.29 is 4.79 Å². The lowest BCUT2D eigenvalue weighted by Crippen LogP contribution is -2.38. The number of aromatic nitrogens is 2. The molecule has 1 aromatic heterocycles. The molecule has 0 fully saturated rings. The van der Waals surface area contributed by atoms with Crippen LogP contribution in [0.5, 0.6) is 0 Å². The summed E-state index contributed by atoms with van der Waals surface area (Å²) in [7, 11) is 0. The summed E-state index contributed by atoms with van der Waals surface area (Å²) in [6.45, 7) is 6.84. The Morgan fingerprint density at radius 3 is 2.60 bits per heavy atom. The molecule has 20 heavy (non-hydrogen) atoms. The first-order valence-corrected chi connectivity index (χ1v) is 7.21. The lowest BCUT2D eigenvalue weighted by atomic mass is 10.2. The maximum atomic E-state index is 11.8. The van der Waals surface area contributed by atoms with Gasteiger partial charge in [-0.2, -0.15) is 5.10 Å². The van der Waals surface area contributed by atoms with Crippen LogP contribution in [0.25, 0.3) is 0 Å². The Balaban J connectivity index is 2.64. The van der Waals surface area contributed by atoms with Crippen molar-refractivity contribution in [3.8, 4) is 0 Å². The van der Waals surface area contributed by atoms with E-state index in [1.165, 1.54) is 10.7 Å². The fraction of sp³-hybridized carbons (Fsp3) is 0.643. The Labute approximate surface area is 119 Å². The predicted molar refractivity (Wildman–Crippen MR) is 79.8 cm³/mol. The Morgan fingerprint density at radius 2 is 2.05 bits per heavy atom. The molecule has 1 rings (SSSR count). The Kier molecular flexibility index (Phi) is 6.76. The van der Waals surface area contributed by atoms with Crippen molar-refractivity contribution in [3.63, 3.8) is 0 Å². The van der Waals surface area contributed by atoms with Gasteiger partial charge in [0, 0.05) is 18.7 Å². The molecule has 0 radical (unpaired) electrons. The molecule has 1 amide bonds. The smallest absolute Gasteiger partial charge is 0.269 e. The van der Waals surface area contributed by atoms with Crippen LogP contribution >= 0.6 is 0 Å². The van der Waals surface area contributed by atoms with Crippen LogP contribution in [-0.2, 0) is 11.3 Å². The third-order valence-electron chi connectivity index (χ3n) is 3.09. The van der Waals surface area contributed by atoms with Crippen molar-refractivity contribution in [1.29, 1.82) is 0 Å². The zero-order valence-corrected chi connectivity index (χ0v) is 12.5. The predicted octanol–water partition coefficient (Wildman–Crippen LogP) is 1.37. The van der Waals surface area contributed by atoms with Gasteiger partial charge in [-0.25, -0.2) is 4.68 Å². The molecule has 0 atom stereocenters. The molecule has 6 heteroatoms. The molecule has 1 aromatic rings. The average Bonchev–Trinajstić information content (AvgIpc) is 2.45. The van der Waals surface area contributed by atoms with Crippen molar-refractivity contribution in [2.75, 3.05) is 11.9 Å². The summed E-state index contributed by atoms with van der Waals surface area (Å²) in [5.41, 5.74) is 0.416. The second-order valence-corrected chi connectivity index (χ2v) is 4.75. The number of carbonyl (C=O) groups is 1. The summed E-state index contributed by atoms with van der Waals surface area (Å²) in [5, 5.41) is 9.99. The largest absolute Gasteiger partial charge is 0.384 e. The Morgan fingerprint density at radius 1 is 1.35 bits per heavy atom. The maximum Gasteiger partial charge on any atom is 0.269 e. The van der Waals surface area contributed by atoms with Gasteiger partial charge in [-0.15, -0.1) is 0 Å². The minimum absolute atomic E-state index is 0.0383. The molecule has 6 nitrogen and oxygen atoms in total. The second-order valence-electron chi connectivity index (χ2n) is 4.75. The van der Waals surface area contributed by atoms with E-state index in [1.54, 1.807) is 6.20 Å². The van der Waals surface area contributed by atoms with Crippen LogP contribution in [0, 0.1) is 0 Å². The first kappa shape index (κ1) is 16.2. The fourth-order valence-corrected chi connectivity index (χ4v) is 1.82. The van der Waals surface area contributed by atoms with E-state index in [1.807, 2.05) is 20.8 Å². The SMILES string of the molecule is CCCNc1cnn(CC(=O)NC(CC)CC)c(=O)c1. The van der Waals surface area contributed by atoms with Crippen LogP contribution in [0.15, 0.2) is 17.1 Å². The van der Waals surface area contributed by atoms with Crippen LogP contribution in [0.3, 0.4) is 0 Å². The van der Waals surface area contributed by atoms with E-state index in [0.717, 1.165) is 25.8 Å². The molecule has 112 valence electrons. The van der Waals surface area contributed by atoms with Crippen LogP contribution in [0.1, 0.15) is 40.0 Å². The number of rotatable bonds is 8. The molecule has 0 aliphatic heterocycles. The van der Waals surface area contributed by atoms with Gasteiger partial charge >= 0.3 is 0 Å². The zero-order chi connectivity index (χ0) is 15.0. The monoisotopic (exact) mass is 280 g/mol. The van der Waals surface area contributed by atoms with Crippen LogP contribution in [0.4, 0.5) is 5.69 Å². The van der Waals surface area contributed by atoms with Crippen molar-refractivity contribution in [3.05, 3.63) is 22.6 Å². The molecule has 1 heterocycles. The maximum absolute atomic E-state index is 11.8. The van der Waals surface area contributed by atoms with Gasteiger partial charge in [0.05, 0.1) is 11.9 Å². The molecule has 0 bridgehead atoms. The number of hydrogen-bond donors (Lipinski definition) is 2. The Hall–Kier alpha value is -1.85. The number of amides is 1. The van der Waals surface area contributed by atoms with E-state index in [4.69, 9.17) is 0 Å². The third-order valence-corrected chi connectivity index (χ3v) is 3.09. The fourth-order valence-electron chi connectivity index (χ4n) is 1.82. The van der Waals surface area contributed by atoms with E-state index in [2.05, 4.69) is 15.7 Å². The Bertz CT molecular complexity index is 480. The molecule has 0 spiro atoms. The molecule has 0 saturated heterocycles. The summed E-state index contributed by atoms with van der Waals surface area (Å²) >= 11 is 0. The highest BCUT2D eigenvalue weighted by Gasteiger charge is 2.10. The second kappa shape index (κ2) is 8.35. The first-order valence-electron chi connectivity index (χ1n) is 7.21. The zero-order valence-electron chi connectivity index (χ0n) is 12.5. The summed E-state index contributed by atoms with van der Waals surface area (Å²) in [6.07, 6.45) is 4.30. The summed E-state index contributed by atoms with van der Waals surface area (Å²) in [5.74, 6) is -0.178. The lowest BCUT2D eigenvalue weighted by molar-refractivity contribution is -0.122. The number of carbonyl (C=O) groups excluding carboxylic acids is 1. The van der Waals surface area contributed by atoms with E-state index in [0.29, 0.717) is 5.69 Å². The number of hydrogen-bond acceptors (Lipinski definition) is 4. The summed E-state index contributed by atoms with van der Waals surface area (Å²) < 4.78 is 1.18. The third kappa shape index (κ3) is 5.03. The van der Waals surface area contributed by atoms with Gasteiger partial charge in [0.2, 0.25) is 5.91 Å². The molecule has 2 N–H and O–H groups in total. The quantitative estimate of drug-likeness (QED) is 0.754. The normalized spacial score (nSPS) is 10.6. The van der Waals surface area contributed by atoms with E-state index in [9.17, 15) is 9.59 Å². The molecule has 0 saturated carbocycles. The van der Waals surface area contributed by atoms with Gasteiger partial charge in [-0.3, -0.25) is 9.59 Å². The molecule has 0 unspecified atom stereocenters. The molecule has 0 aromatic carbocycles. The van der Waals surface area contributed by atoms with Crippen LogP contribution in [-0.4, -0.2) is 28.3 Å². The average molecular weight is 280 g/mol. The minimum Gasteiger partial charge on any atom is -0.384 e.